The lowest BCUT2D eigenvalue weighted by atomic mass is 9.81. The highest BCUT2D eigenvalue weighted by atomic mass is 16.7. The van der Waals surface area contributed by atoms with E-state index < -0.39 is 0 Å². The number of aromatic hydroxyl groups is 2. The molecule has 0 saturated heterocycles. The average Bonchev–Trinajstić information content (AvgIpc) is 2.70. The van der Waals surface area contributed by atoms with Crippen molar-refractivity contribution in [2.45, 2.75) is 39.0 Å². The summed E-state index contributed by atoms with van der Waals surface area (Å²) in [6.07, 6.45) is 4.88. The molecule has 1 saturated carbocycles. The highest BCUT2D eigenvalue weighted by molar-refractivity contribution is 5.73. The van der Waals surface area contributed by atoms with Crippen LogP contribution in [-0.2, 0) is 4.79 Å². The van der Waals surface area contributed by atoms with Gasteiger partial charge in [0.05, 0.1) is 5.92 Å². The van der Waals surface area contributed by atoms with Crippen molar-refractivity contribution in [1.29, 1.82) is 0 Å². The number of carbonyl (C=O) groups is 1. The summed E-state index contributed by atoms with van der Waals surface area (Å²) in [4.78, 5) is 16.9. The molecule has 0 spiro atoms. The molecule has 0 aromatic carbocycles. The number of carbonyl (C=O) groups excluding carboxylic acids is 1. The fourth-order valence-corrected chi connectivity index (χ4v) is 2.47. The van der Waals surface area contributed by atoms with Gasteiger partial charge in [-0.15, -0.1) is 4.73 Å². The molecule has 1 aliphatic rings. The third-order valence-electron chi connectivity index (χ3n) is 3.74. The molecule has 2 rings (SSSR count). The standard InChI is InChI=1S/C13H19NO4/c1-2-9-3-5-10(6-4-9)13(17)18-14-11(15)7-8-12(14)16/h7-10,15-16H,2-6H2,1H3. The zero-order chi connectivity index (χ0) is 13.1. The van der Waals surface area contributed by atoms with Crippen LogP contribution < -0.4 is 4.84 Å². The Balaban J connectivity index is 1.93. The van der Waals surface area contributed by atoms with Gasteiger partial charge in [0.1, 0.15) is 0 Å². The van der Waals surface area contributed by atoms with E-state index in [2.05, 4.69) is 6.92 Å². The van der Waals surface area contributed by atoms with Crippen molar-refractivity contribution in [2.24, 2.45) is 11.8 Å². The topological polar surface area (TPSA) is 71.7 Å². The smallest absolute Gasteiger partial charge is 0.336 e. The van der Waals surface area contributed by atoms with Gasteiger partial charge in [-0.05, 0) is 31.6 Å². The molecule has 0 bridgehead atoms. The maximum atomic E-state index is 11.9. The number of rotatable bonds is 3. The molecule has 5 heteroatoms. The van der Waals surface area contributed by atoms with Crippen LogP contribution in [0.15, 0.2) is 12.1 Å². The predicted octanol–water partition coefficient (Wildman–Crippen LogP) is 2.07. The van der Waals surface area contributed by atoms with Gasteiger partial charge >= 0.3 is 5.97 Å². The molecule has 2 N–H and O–H groups in total. The quantitative estimate of drug-likeness (QED) is 0.865. The van der Waals surface area contributed by atoms with Gasteiger partial charge in [0.15, 0.2) is 0 Å². The number of nitrogens with zero attached hydrogens (tertiary/aromatic N) is 1. The minimum atomic E-state index is -0.383. The molecular weight excluding hydrogens is 234 g/mol. The van der Waals surface area contributed by atoms with Crippen molar-refractivity contribution >= 4 is 5.97 Å². The summed E-state index contributed by atoms with van der Waals surface area (Å²) in [5, 5.41) is 18.8. The SMILES string of the molecule is CCC1CCC(C(=O)On2c(O)ccc2O)CC1. The van der Waals surface area contributed by atoms with Crippen molar-refractivity contribution < 1.29 is 19.8 Å². The molecule has 100 valence electrons. The van der Waals surface area contributed by atoms with Crippen LogP contribution in [-0.4, -0.2) is 20.9 Å². The van der Waals surface area contributed by atoms with Crippen molar-refractivity contribution in [1.82, 2.24) is 4.73 Å². The van der Waals surface area contributed by atoms with Crippen LogP contribution in [0.5, 0.6) is 11.8 Å². The molecule has 1 fully saturated rings. The van der Waals surface area contributed by atoms with Gasteiger partial charge in [0.25, 0.3) is 0 Å². The Morgan fingerprint density at radius 2 is 1.83 bits per heavy atom. The van der Waals surface area contributed by atoms with E-state index in [1.807, 2.05) is 0 Å². The predicted molar refractivity (Wildman–Crippen MR) is 65.1 cm³/mol. The first-order chi connectivity index (χ1) is 8.61. The second-order valence-electron chi connectivity index (χ2n) is 4.88. The van der Waals surface area contributed by atoms with Crippen LogP contribution in [0.1, 0.15) is 39.0 Å². The fraction of sp³-hybridized carbons (Fsp3) is 0.615. The summed E-state index contributed by atoms with van der Waals surface area (Å²) < 4.78 is 0.758. The second-order valence-corrected chi connectivity index (χ2v) is 4.88. The van der Waals surface area contributed by atoms with E-state index in [9.17, 15) is 15.0 Å². The molecule has 0 radical (unpaired) electrons. The van der Waals surface area contributed by atoms with Crippen LogP contribution in [0.25, 0.3) is 0 Å². The zero-order valence-corrected chi connectivity index (χ0v) is 10.5. The molecule has 1 heterocycles. The highest BCUT2D eigenvalue weighted by Gasteiger charge is 2.28. The Hall–Kier alpha value is -1.65. The average molecular weight is 253 g/mol. The highest BCUT2D eigenvalue weighted by Crippen LogP contribution is 2.31. The molecule has 1 aromatic rings. The Kier molecular flexibility index (Phi) is 3.79. The number of aromatic nitrogens is 1. The molecule has 0 unspecified atom stereocenters. The van der Waals surface area contributed by atoms with E-state index in [1.54, 1.807) is 0 Å². The van der Waals surface area contributed by atoms with Gasteiger partial charge in [-0.3, -0.25) is 0 Å². The molecule has 0 aliphatic heterocycles. The van der Waals surface area contributed by atoms with E-state index in [-0.39, 0.29) is 23.6 Å². The first-order valence-corrected chi connectivity index (χ1v) is 6.43. The van der Waals surface area contributed by atoms with E-state index in [1.165, 1.54) is 12.1 Å². The monoisotopic (exact) mass is 253 g/mol. The Morgan fingerprint density at radius 3 is 2.33 bits per heavy atom. The summed E-state index contributed by atoms with van der Waals surface area (Å²) in [6.45, 7) is 2.17. The lowest BCUT2D eigenvalue weighted by molar-refractivity contribution is -0.151. The van der Waals surface area contributed by atoms with Crippen LogP contribution in [0, 0.1) is 11.8 Å². The Morgan fingerprint density at radius 1 is 1.28 bits per heavy atom. The van der Waals surface area contributed by atoms with Gasteiger partial charge in [-0.1, -0.05) is 13.3 Å². The van der Waals surface area contributed by atoms with Gasteiger partial charge < -0.3 is 15.1 Å². The van der Waals surface area contributed by atoms with Gasteiger partial charge in [-0.2, -0.15) is 0 Å². The van der Waals surface area contributed by atoms with E-state index in [0.29, 0.717) is 5.92 Å². The van der Waals surface area contributed by atoms with Crippen LogP contribution in [0.3, 0.4) is 0 Å². The Bertz CT molecular complexity index is 399. The molecule has 18 heavy (non-hydrogen) atoms. The second kappa shape index (κ2) is 5.33. The normalized spacial score (nSPS) is 23.8. The molecule has 5 nitrogen and oxygen atoms in total. The summed E-state index contributed by atoms with van der Waals surface area (Å²) in [6, 6.07) is 2.55. The molecule has 1 aromatic heterocycles. The van der Waals surface area contributed by atoms with Crippen molar-refractivity contribution in [3.63, 3.8) is 0 Å². The summed E-state index contributed by atoms with van der Waals surface area (Å²) in [7, 11) is 0. The van der Waals surface area contributed by atoms with Gasteiger partial charge in [0.2, 0.25) is 11.8 Å². The number of hydrogen-bond donors (Lipinski definition) is 2. The first-order valence-electron chi connectivity index (χ1n) is 6.43. The lowest BCUT2D eigenvalue weighted by Crippen LogP contribution is -2.29. The third kappa shape index (κ3) is 2.60. The molecular formula is C13H19NO4. The van der Waals surface area contributed by atoms with E-state index in [0.717, 1.165) is 36.8 Å². The van der Waals surface area contributed by atoms with Gasteiger partial charge in [-0.25, -0.2) is 4.79 Å². The fourth-order valence-electron chi connectivity index (χ4n) is 2.47. The van der Waals surface area contributed by atoms with E-state index >= 15 is 0 Å². The minimum Gasteiger partial charge on any atom is -0.492 e. The summed E-state index contributed by atoms with van der Waals surface area (Å²) >= 11 is 0. The van der Waals surface area contributed by atoms with Crippen LogP contribution in [0.2, 0.25) is 0 Å². The molecule has 0 amide bonds. The van der Waals surface area contributed by atoms with Crippen molar-refractivity contribution in [2.75, 3.05) is 0 Å². The van der Waals surface area contributed by atoms with E-state index in [4.69, 9.17) is 4.84 Å². The van der Waals surface area contributed by atoms with Crippen LogP contribution in [0.4, 0.5) is 0 Å². The first kappa shape index (κ1) is 12.8. The summed E-state index contributed by atoms with van der Waals surface area (Å²) in [5.41, 5.74) is 0. The molecule has 0 atom stereocenters. The van der Waals surface area contributed by atoms with Gasteiger partial charge in [0, 0.05) is 12.1 Å². The maximum absolute atomic E-state index is 11.9. The maximum Gasteiger partial charge on any atom is 0.336 e. The Labute approximate surface area is 106 Å². The van der Waals surface area contributed by atoms with Crippen LogP contribution >= 0.6 is 0 Å². The minimum absolute atomic E-state index is 0.131. The van der Waals surface area contributed by atoms with Crippen molar-refractivity contribution in [3.8, 4) is 11.8 Å². The number of hydrogen-bond acceptors (Lipinski definition) is 4. The van der Waals surface area contributed by atoms with Crippen molar-refractivity contribution in [3.05, 3.63) is 12.1 Å². The molecule has 1 aliphatic carbocycles. The third-order valence-corrected chi connectivity index (χ3v) is 3.74. The zero-order valence-electron chi connectivity index (χ0n) is 10.5. The largest absolute Gasteiger partial charge is 0.492 e. The summed E-state index contributed by atoms with van der Waals surface area (Å²) in [5.74, 6) is -0.353. The lowest BCUT2D eigenvalue weighted by Gasteiger charge is -2.26.